The van der Waals surface area contributed by atoms with Crippen molar-refractivity contribution >= 4 is 55.2 Å². The van der Waals surface area contributed by atoms with Gasteiger partial charge in [-0.1, -0.05) is 157 Å². The van der Waals surface area contributed by atoms with Crippen LogP contribution in [0.5, 0.6) is 0 Å². The molecule has 0 saturated carbocycles. The van der Waals surface area contributed by atoms with Crippen molar-refractivity contribution in [1.29, 1.82) is 0 Å². The molecule has 5 aromatic rings. The van der Waals surface area contributed by atoms with Crippen molar-refractivity contribution in [3.05, 3.63) is 96.6 Å². The zero-order chi connectivity index (χ0) is 26.3. The number of fused-ring (bicyclic) bond motifs is 7. The van der Waals surface area contributed by atoms with Gasteiger partial charge in [-0.05, 0) is 72.6 Å². The molecule has 0 nitrogen and oxygen atoms in total. The van der Waals surface area contributed by atoms with Gasteiger partial charge in [0, 0.05) is 0 Å². The van der Waals surface area contributed by atoms with Crippen molar-refractivity contribution in [3.63, 3.8) is 0 Å². The minimum atomic E-state index is 1.13. The average molecular weight is 499 g/mol. The number of unbranched alkanes of at least 4 members (excludes halogenated alkanes) is 9. The molecule has 0 aliphatic heterocycles. The quantitative estimate of drug-likeness (QED) is 0.112. The molecule has 0 radical (unpaired) electrons. The maximum absolute atomic E-state index is 4.06. The summed E-state index contributed by atoms with van der Waals surface area (Å²) >= 11 is 0. The lowest BCUT2D eigenvalue weighted by Gasteiger charge is -2.13. The van der Waals surface area contributed by atoms with Crippen LogP contribution in [0.15, 0.2) is 79.9 Å². The summed E-state index contributed by atoms with van der Waals surface area (Å²) in [6.07, 6.45) is 18.9. The summed E-state index contributed by atoms with van der Waals surface area (Å²) in [7, 11) is 0. The molecule has 0 unspecified atom stereocenters. The van der Waals surface area contributed by atoms with Gasteiger partial charge in [0.2, 0.25) is 0 Å². The zero-order valence-corrected chi connectivity index (χ0v) is 23.2. The number of aryl methyl sites for hydroxylation is 1. The summed E-state index contributed by atoms with van der Waals surface area (Å²) < 4.78 is 0. The van der Waals surface area contributed by atoms with Gasteiger partial charge in [0.25, 0.3) is 0 Å². The molecule has 0 aliphatic carbocycles. The maximum atomic E-state index is 4.06. The van der Waals surface area contributed by atoms with E-state index in [2.05, 4.69) is 86.8 Å². The zero-order valence-electron chi connectivity index (χ0n) is 23.2. The van der Waals surface area contributed by atoms with Gasteiger partial charge in [0.15, 0.2) is 0 Å². The third-order valence-corrected chi connectivity index (χ3v) is 8.39. The second-order valence-electron chi connectivity index (χ2n) is 10.9. The number of benzene rings is 5. The molecule has 38 heavy (non-hydrogen) atoms. The van der Waals surface area contributed by atoms with E-state index in [-0.39, 0.29) is 0 Å². The Labute approximate surface area is 229 Å². The molecule has 0 bridgehead atoms. The molecule has 0 heterocycles. The van der Waals surface area contributed by atoms with E-state index in [9.17, 15) is 0 Å². The molecule has 0 aromatic heterocycles. The Balaban J connectivity index is 1.32. The third kappa shape index (κ3) is 5.41. The second kappa shape index (κ2) is 12.4. The van der Waals surface area contributed by atoms with Crippen molar-refractivity contribution in [2.24, 2.45) is 0 Å². The van der Waals surface area contributed by atoms with Crippen LogP contribution in [0.2, 0.25) is 0 Å². The van der Waals surface area contributed by atoms with Crippen molar-refractivity contribution in [2.75, 3.05) is 0 Å². The Hall–Kier alpha value is -3.38. The normalized spacial score (nSPS) is 11.6. The molecule has 0 saturated heterocycles. The summed E-state index contributed by atoms with van der Waals surface area (Å²) in [5.74, 6) is 0. The standard InChI is InChI=1S/C38H42/c1-4-7-8-9-10-11-12-13-14-15-16-28-17-20-32-30(27-28)19-22-36-34(32)24-26-37-35-21-18-29(5-2)31(6-3)33(35)23-25-38(36)37/h5-6,17-27H,2-4,7-16H2,1H3. The lowest BCUT2D eigenvalue weighted by molar-refractivity contribution is 0.556. The van der Waals surface area contributed by atoms with Gasteiger partial charge in [-0.2, -0.15) is 0 Å². The van der Waals surface area contributed by atoms with Crippen LogP contribution in [0.1, 0.15) is 87.8 Å². The Morgan fingerprint density at radius 1 is 0.500 bits per heavy atom. The minimum absolute atomic E-state index is 1.13. The van der Waals surface area contributed by atoms with Crippen LogP contribution < -0.4 is 0 Å². The van der Waals surface area contributed by atoms with E-state index in [4.69, 9.17) is 0 Å². The molecule has 0 N–H and O–H groups in total. The molecule has 5 rings (SSSR count). The monoisotopic (exact) mass is 498 g/mol. The van der Waals surface area contributed by atoms with Crippen LogP contribution in [0, 0.1) is 0 Å². The first-order chi connectivity index (χ1) is 18.7. The van der Waals surface area contributed by atoms with Crippen LogP contribution in [0.4, 0.5) is 0 Å². The summed E-state index contributed by atoms with van der Waals surface area (Å²) in [5.41, 5.74) is 3.76. The van der Waals surface area contributed by atoms with Crippen LogP contribution in [-0.4, -0.2) is 0 Å². The lowest BCUT2D eigenvalue weighted by atomic mass is 9.91. The van der Waals surface area contributed by atoms with E-state index in [1.54, 1.807) is 0 Å². The Morgan fingerprint density at radius 3 is 1.63 bits per heavy atom. The predicted octanol–water partition coefficient (Wildman–Crippen LogP) is 12.0. The van der Waals surface area contributed by atoms with Gasteiger partial charge in [-0.15, -0.1) is 0 Å². The first-order valence-electron chi connectivity index (χ1n) is 14.8. The van der Waals surface area contributed by atoms with E-state index in [0.29, 0.717) is 0 Å². The lowest BCUT2D eigenvalue weighted by Crippen LogP contribution is -1.89. The largest absolute Gasteiger partial charge is 0.0984 e. The molecule has 5 aromatic carbocycles. The first kappa shape index (κ1) is 26.2. The van der Waals surface area contributed by atoms with Gasteiger partial charge >= 0.3 is 0 Å². The molecule has 0 aliphatic rings. The maximum Gasteiger partial charge on any atom is -0.00987 e. The van der Waals surface area contributed by atoms with Crippen molar-refractivity contribution < 1.29 is 0 Å². The van der Waals surface area contributed by atoms with Gasteiger partial charge in [0.05, 0.1) is 0 Å². The summed E-state index contributed by atoms with van der Waals surface area (Å²) in [6.45, 7) is 10.3. The number of hydrogen-bond donors (Lipinski definition) is 0. The van der Waals surface area contributed by atoms with E-state index in [1.165, 1.54) is 119 Å². The molecule has 0 amide bonds. The molecule has 0 fully saturated rings. The Bertz CT molecular complexity index is 1580. The van der Waals surface area contributed by atoms with Gasteiger partial charge in [0.1, 0.15) is 0 Å². The minimum Gasteiger partial charge on any atom is -0.0984 e. The molecule has 0 atom stereocenters. The SMILES string of the molecule is C=Cc1ccc2c(ccc3c2ccc2c4ccc(CCCCCCCCCCCC)cc4ccc23)c1C=C. The van der Waals surface area contributed by atoms with Crippen LogP contribution in [0.3, 0.4) is 0 Å². The molecule has 194 valence electrons. The highest BCUT2D eigenvalue weighted by atomic mass is 14.1. The Morgan fingerprint density at radius 2 is 1.00 bits per heavy atom. The predicted molar refractivity (Wildman–Crippen MR) is 172 cm³/mol. The number of hydrogen-bond acceptors (Lipinski definition) is 0. The van der Waals surface area contributed by atoms with E-state index >= 15 is 0 Å². The van der Waals surface area contributed by atoms with Gasteiger partial charge in [-0.25, -0.2) is 0 Å². The van der Waals surface area contributed by atoms with E-state index < -0.39 is 0 Å². The highest BCUT2D eigenvalue weighted by molar-refractivity contribution is 6.22. The highest BCUT2D eigenvalue weighted by Crippen LogP contribution is 2.37. The average Bonchev–Trinajstić information content (AvgIpc) is 2.96. The smallest absolute Gasteiger partial charge is 0.00987 e. The van der Waals surface area contributed by atoms with Crippen molar-refractivity contribution in [1.82, 2.24) is 0 Å². The molecule has 0 spiro atoms. The topological polar surface area (TPSA) is 0 Å². The highest BCUT2D eigenvalue weighted by Gasteiger charge is 2.10. The molecular formula is C38H42. The summed E-state index contributed by atoms with van der Waals surface area (Å²) in [4.78, 5) is 0. The van der Waals surface area contributed by atoms with E-state index in [0.717, 1.165) is 11.1 Å². The van der Waals surface area contributed by atoms with Gasteiger partial charge in [-0.3, -0.25) is 0 Å². The fourth-order valence-electron chi connectivity index (χ4n) is 6.25. The number of rotatable bonds is 13. The van der Waals surface area contributed by atoms with Crippen molar-refractivity contribution in [3.8, 4) is 0 Å². The fourth-order valence-corrected chi connectivity index (χ4v) is 6.25. The van der Waals surface area contributed by atoms with Crippen LogP contribution >= 0.6 is 0 Å². The molecule has 0 heteroatoms. The summed E-state index contributed by atoms with van der Waals surface area (Å²) in [6, 6.07) is 25.3. The van der Waals surface area contributed by atoms with Crippen molar-refractivity contribution in [2.45, 2.75) is 77.6 Å². The fraction of sp³-hybridized carbons (Fsp3) is 0.316. The van der Waals surface area contributed by atoms with Crippen LogP contribution in [0.25, 0.3) is 55.2 Å². The van der Waals surface area contributed by atoms with Gasteiger partial charge < -0.3 is 0 Å². The van der Waals surface area contributed by atoms with Crippen LogP contribution in [-0.2, 0) is 6.42 Å². The third-order valence-electron chi connectivity index (χ3n) is 8.39. The molecular weight excluding hydrogens is 456 g/mol. The second-order valence-corrected chi connectivity index (χ2v) is 10.9. The first-order valence-corrected chi connectivity index (χ1v) is 14.8. The summed E-state index contributed by atoms with van der Waals surface area (Å²) in [5, 5.41) is 10.5. The Kier molecular flexibility index (Phi) is 8.59. The van der Waals surface area contributed by atoms with E-state index in [1.807, 2.05) is 12.2 Å².